The minimum Gasteiger partial charge on any atom is -0.507 e. The van der Waals surface area contributed by atoms with E-state index < -0.39 is 5.91 Å². The number of hydrogen-bond acceptors (Lipinski definition) is 7. The fourth-order valence-electron chi connectivity index (χ4n) is 5.81. The second-order valence-electron chi connectivity index (χ2n) is 10.9. The van der Waals surface area contributed by atoms with Crippen LogP contribution in [0.2, 0.25) is 0 Å². The smallest absolute Gasteiger partial charge is 0.255 e. The Hall–Kier alpha value is -5.18. The maximum absolute atomic E-state index is 13.8. The van der Waals surface area contributed by atoms with Crippen LogP contribution in [0.25, 0.3) is 0 Å². The number of carbonyl (C=O) groups is 2. The van der Waals surface area contributed by atoms with Gasteiger partial charge in [-0.3, -0.25) is 9.59 Å². The zero-order valence-electron chi connectivity index (χ0n) is 24.4. The van der Waals surface area contributed by atoms with E-state index >= 15 is 0 Å². The number of rotatable bonds is 4. The first kappa shape index (κ1) is 28.9. The van der Waals surface area contributed by atoms with Gasteiger partial charge in [-0.2, -0.15) is 0 Å². The van der Waals surface area contributed by atoms with E-state index in [1.165, 1.54) is 19.2 Å². The highest BCUT2D eigenvalue weighted by atomic mass is 16.5. The lowest BCUT2D eigenvalue weighted by Crippen LogP contribution is -2.40. The highest BCUT2D eigenvalue weighted by Gasteiger charge is 2.32. The van der Waals surface area contributed by atoms with E-state index in [0.29, 0.717) is 62.0 Å². The molecule has 8 bridgehead atoms. The Kier molecular flexibility index (Phi) is 8.27. The zero-order chi connectivity index (χ0) is 30.6. The lowest BCUT2D eigenvalue weighted by atomic mass is 9.87. The monoisotopic (exact) mass is 594 g/mol. The highest BCUT2D eigenvalue weighted by Crippen LogP contribution is 2.39. The van der Waals surface area contributed by atoms with E-state index in [2.05, 4.69) is 5.32 Å². The molecule has 9 nitrogen and oxygen atoms in total. The van der Waals surface area contributed by atoms with Gasteiger partial charge in [0.1, 0.15) is 23.0 Å². The number of nitrogens with one attached hydrogen (secondary N) is 1. The van der Waals surface area contributed by atoms with Gasteiger partial charge in [-0.1, -0.05) is 24.3 Å². The summed E-state index contributed by atoms with van der Waals surface area (Å²) in [7, 11) is 1.50. The third-order valence-corrected chi connectivity index (χ3v) is 8.03. The standard InChI is InChI=1S/C35H34N2O7/c1-42-32-12-6-22(18-31(32)39)7-13-33(40)37-16-14-23-19-26-8-10-28(23)34(37)24-4-2-5-25(20-24)43-17-3-15-36-35(41)29-21-27(44-26)9-11-30(29)38/h2,4-6,8-12,18-21,34,38-39H,3,7,13-17H2,1H3,(H,36,41). The van der Waals surface area contributed by atoms with E-state index in [4.69, 9.17) is 14.2 Å². The van der Waals surface area contributed by atoms with E-state index in [-0.39, 0.29) is 35.4 Å². The minimum absolute atomic E-state index is 0.0112. The molecule has 44 heavy (non-hydrogen) atoms. The molecule has 226 valence electrons. The van der Waals surface area contributed by atoms with Gasteiger partial charge in [0.2, 0.25) is 5.91 Å². The van der Waals surface area contributed by atoms with Crippen LogP contribution >= 0.6 is 0 Å². The van der Waals surface area contributed by atoms with Gasteiger partial charge in [0, 0.05) is 19.5 Å². The van der Waals surface area contributed by atoms with Crippen molar-refractivity contribution in [1.82, 2.24) is 10.2 Å². The van der Waals surface area contributed by atoms with Gasteiger partial charge >= 0.3 is 0 Å². The zero-order valence-corrected chi connectivity index (χ0v) is 24.4. The van der Waals surface area contributed by atoms with Crippen LogP contribution in [-0.4, -0.2) is 53.7 Å². The summed E-state index contributed by atoms with van der Waals surface area (Å²) in [5.74, 6) is 1.64. The number of phenols is 2. The predicted octanol–water partition coefficient (Wildman–Crippen LogP) is 5.52. The molecular weight excluding hydrogens is 560 g/mol. The maximum Gasteiger partial charge on any atom is 0.255 e. The fraction of sp³-hybridized carbons (Fsp3) is 0.257. The quantitative estimate of drug-likeness (QED) is 0.285. The second kappa shape index (κ2) is 12.6. The average Bonchev–Trinajstić information content (AvgIpc) is 3.03. The maximum atomic E-state index is 13.8. The molecule has 1 unspecified atom stereocenters. The summed E-state index contributed by atoms with van der Waals surface area (Å²) in [5, 5.41) is 23.3. The van der Waals surface area contributed by atoms with Gasteiger partial charge < -0.3 is 34.6 Å². The van der Waals surface area contributed by atoms with Crippen molar-refractivity contribution < 1.29 is 34.0 Å². The lowest BCUT2D eigenvalue weighted by Gasteiger charge is -2.38. The summed E-state index contributed by atoms with van der Waals surface area (Å²) >= 11 is 0. The Bertz CT molecular complexity index is 1700. The molecule has 3 aliphatic heterocycles. The molecule has 9 heteroatoms. The van der Waals surface area contributed by atoms with Crippen LogP contribution in [0.5, 0.6) is 34.5 Å². The molecule has 3 heterocycles. The third-order valence-electron chi connectivity index (χ3n) is 8.03. The van der Waals surface area contributed by atoms with Gasteiger partial charge in [-0.25, -0.2) is 0 Å². The minimum atomic E-state index is -0.391. The number of methoxy groups -OCH3 is 1. The predicted molar refractivity (Wildman–Crippen MR) is 164 cm³/mol. The first-order chi connectivity index (χ1) is 21.4. The van der Waals surface area contributed by atoms with E-state index in [1.54, 1.807) is 18.2 Å². The molecule has 0 spiro atoms. The summed E-state index contributed by atoms with van der Waals surface area (Å²) in [6.07, 6.45) is 1.96. The highest BCUT2D eigenvalue weighted by molar-refractivity contribution is 5.97. The Morgan fingerprint density at radius 2 is 1.82 bits per heavy atom. The number of phenolic OH excluding ortho intramolecular Hbond substituents is 2. The number of amides is 2. The summed E-state index contributed by atoms with van der Waals surface area (Å²) in [4.78, 5) is 28.5. The van der Waals surface area contributed by atoms with Crippen LogP contribution in [0.3, 0.4) is 0 Å². The molecule has 0 saturated heterocycles. The number of benzene rings is 4. The van der Waals surface area contributed by atoms with Crippen molar-refractivity contribution in [3.63, 3.8) is 0 Å². The summed E-state index contributed by atoms with van der Waals surface area (Å²) in [6.45, 7) is 1.26. The summed E-state index contributed by atoms with van der Waals surface area (Å²) in [6, 6.07) is 23.1. The van der Waals surface area contributed by atoms with Crippen molar-refractivity contribution in [3.05, 3.63) is 107 Å². The topological polar surface area (TPSA) is 118 Å². The molecule has 0 saturated carbocycles. The van der Waals surface area contributed by atoms with Gasteiger partial charge in [0.15, 0.2) is 11.5 Å². The van der Waals surface area contributed by atoms with Gasteiger partial charge in [-0.05, 0) is 96.1 Å². The van der Waals surface area contributed by atoms with Crippen molar-refractivity contribution in [2.45, 2.75) is 31.7 Å². The van der Waals surface area contributed by atoms with Gasteiger partial charge in [0.05, 0.1) is 25.3 Å². The normalized spacial score (nSPS) is 16.2. The van der Waals surface area contributed by atoms with Crippen molar-refractivity contribution in [1.29, 1.82) is 0 Å². The van der Waals surface area contributed by atoms with E-state index in [0.717, 1.165) is 22.3 Å². The van der Waals surface area contributed by atoms with Crippen LogP contribution in [0.15, 0.2) is 78.9 Å². The molecule has 0 fully saturated rings. The van der Waals surface area contributed by atoms with E-state index in [1.807, 2.05) is 53.4 Å². The molecule has 7 rings (SSSR count). The molecule has 1 atom stereocenters. The van der Waals surface area contributed by atoms with Crippen molar-refractivity contribution >= 4 is 11.8 Å². The third kappa shape index (κ3) is 6.13. The SMILES string of the molecule is COc1ccc(CCC(=O)N2CCc3cc4ccc3C2c2cccc(c2)OCCCNC(=O)c2cc(ccc2O)O4)cc1O. The number of hydrogen-bond donors (Lipinski definition) is 3. The molecule has 3 N–H and O–H groups in total. The van der Waals surface area contributed by atoms with Gasteiger partial charge in [-0.15, -0.1) is 0 Å². The van der Waals surface area contributed by atoms with Gasteiger partial charge in [0.25, 0.3) is 5.91 Å². The van der Waals surface area contributed by atoms with Crippen LogP contribution in [0.1, 0.15) is 51.5 Å². The number of aryl methyl sites for hydroxylation is 1. The molecule has 2 amide bonds. The Morgan fingerprint density at radius 1 is 0.977 bits per heavy atom. The summed E-state index contributed by atoms with van der Waals surface area (Å²) < 4.78 is 17.3. The second-order valence-corrected chi connectivity index (χ2v) is 10.9. The molecule has 0 aliphatic carbocycles. The molecular formula is C35H34N2O7. The number of carbonyl (C=O) groups excluding carboxylic acids is 2. The van der Waals surface area contributed by atoms with Crippen molar-refractivity contribution in [3.8, 4) is 34.5 Å². The Balaban J connectivity index is 1.33. The van der Waals surface area contributed by atoms with Crippen LogP contribution < -0.4 is 19.5 Å². The Morgan fingerprint density at radius 3 is 2.66 bits per heavy atom. The summed E-state index contributed by atoms with van der Waals surface area (Å²) in [5.41, 5.74) is 3.98. The van der Waals surface area contributed by atoms with Crippen molar-refractivity contribution in [2.24, 2.45) is 0 Å². The van der Waals surface area contributed by atoms with Crippen LogP contribution in [0.4, 0.5) is 0 Å². The largest absolute Gasteiger partial charge is 0.507 e. The molecule has 0 aromatic heterocycles. The first-order valence-electron chi connectivity index (χ1n) is 14.7. The van der Waals surface area contributed by atoms with E-state index in [9.17, 15) is 19.8 Å². The first-order valence-corrected chi connectivity index (χ1v) is 14.7. The lowest BCUT2D eigenvalue weighted by molar-refractivity contribution is -0.133. The number of aromatic hydroxyl groups is 2. The Labute approximate surface area is 255 Å². The fourth-order valence-corrected chi connectivity index (χ4v) is 5.81. The average molecular weight is 595 g/mol. The van der Waals surface area contributed by atoms with Crippen LogP contribution in [0, 0.1) is 0 Å². The van der Waals surface area contributed by atoms with Crippen molar-refractivity contribution in [2.75, 3.05) is 26.8 Å². The molecule has 4 aromatic rings. The number of ether oxygens (including phenoxy) is 3. The van der Waals surface area contributed by atoms with Crippen LogP contribution in [-0.2, 0) is 17.6 Å². The molecule has 4 aromatic carbocycles. The number of nitrogens with zero attached hydrogens (tertiary/aromatic N) is 1. The number of fused-ring (bicyclic) bond motifs is 6. The molecule has 0 radical (unpaired) electrons. The molecule has 3 aliphatic rings.